The highest BCUT2D eigenvalue weighted by Crippen LogP contribution is 2.54. The van der Waals surface area contributed by atoms with E-state index in [-0.39, 0.29) is 28.9 Å². The molecule has 1 fully saturated rings. The van der Waals surface area contributed by atoms with Crippen molar-refractivity contribution in [1.29, 1.82) is 0 Å². The van der Waals surface area contributed by atoms with Crippen molar-refractivity contribution in [3.8, 4) is 11.5 Å². The third-order valence-electron chi connectivity index (χ3n) is 5.75. The summed E-state index contributed by atoms with van der Waals surface area (Å²) < 4.78 is 56.9. The second-order valence-electron chi connectivity index (χ2n) is 8.85. The summed E-state index contributed by atoms with van der Waals surface area (Å²) >= 11 is 0. The van der Waals surface area contributed by atoms with Crippen LogP contribution in [0, 0.1) is 5.89 Å². The van der Waals surface area contributed by atoms with Gasteiger partial charge in [0.05, 0.1) is 0 Å². The van der Waals surface area contributed by atoms with Gasteiger partial charge in [-0.3, -0.25) is 4.79 Å². The molecule has 1 saturated carbocycles. The van der Waals surface area contributed by atoms with Crippen LogP contribution in [0.4, 0.5) is 0 Å². The first-order valence-corrected chi connectivity index (χ1v) is 9.86. The van der Waals surface area contributed by atoms with E-state index in [4.69, 9.17) is 11.6 Å². The Morgan fingerprint density at radius 2 is 2.11 bits per heavy atom. The van der Waals surface area contributed by atoms with Crippen molar-refractivity contribution in [1.82, 2.24) is 0 Å². The Hall–Kier alpha value is -1.51. The molecule has 3 heteroatoms. The zero-order chi connectivity index (χ0) is 25.3. The lowest BCUT2D eigenvalue weighted by Crippen LogP contribution is -2.47. The molecule has 2 aliphatic rings. The van der Waals surface area contributed by atoms with E-state index >= 15 is 0 Å². The molecule has 0 bridgehead atoms. The summed E-state index contributed by atoms with van der Waals surface area (Å²) in [4.78, 5) is 12.5. The molecule has 1 aromatic rings. The first-order valence-electron chi connectivity index (χ1n) is 12.9. The van der Waals surface area contributed by atoms with E-state index < -0.39 is 42.3 Å². The maximum absolute atomic E-state index is 12.5. The van der Waals surface area contributed by atoms with Gasteiger partial charge >= 0.3 is 0 Å². The van der Waals surface area contributed by atoms with Crippen molar-refractivity contribution in [3.63, 3.8) is 0 Å². The molecule has 3 nitrogen and oxygen atoms in total. The molecule has 27 heavy (non-hydrogen) atoms. The van der Waals surface area contributed by atoms with E-state index in [1.54, 1.807) is 32.9 Å². The van der Waals surface area contributed by atoms with Gasteiger partial charge in [0.15, 0.2) is 0 Å². The summed E-state index contributed by atoms with van der Waals surface area (Å²) in [5, 5.41) is 11.1. The minimum absolute atomic E-state index is 0.00692. The number of ether oxygens (including phenoxy) is 1. The highest BCUT2D eigenvalue weighted by Gasteiger charge is 2.47. The number of aromatic hydroxyl groups is 1. The fraction of sp³-hybridized carbons (Fsp3) is 0.708. The van der Waals surface area contributed by atoms with Gasteiger partial charge < -0.3 is 9.84 Å². The van der Waals surface area contributed by atoms with Crippen LogP contribution in [0.1, 0.15) is 111 Å². The highest BCUT2D eigenvalue weighted by molar-refractivity contribution is 5.81. The Labute approximate surface area is 172 Å². The van der Waals surface area contributed by atoms with Crippen molar-refractivity contribution < 1.29 is 22.9 Å². The molecule has 0 radical (unpaired) electrons. The van der Waals surface area contributed by atoms with Gasteiger partial charge in [0.2, 0.25) is 0 Å². The number of rotatable bonds is 6. The number of hydrogen-bond acceptors (Lipinski definition) is 3. The molecule has 3 rings (SSSR count). The fourth-order valence-corrected chi connectivity index (χ4v) is 4.15. The highest BCUT2D eigenvalue weighted by atomic mass is 16.5. The number of hydrogen-bond donors (Lipinski definition) is 1. The second-order valence-corrected chi connectivity index (χ2v) is 8.85. The van der Waals surface area contributed by atoms with Crippen LogP contribution in [-0.2, 0) is 10.2 Å². The predicted octanol–water partition coefficient (Wildman–Crippen LogP) is 6.26. The Kier molecular flexibility index (Phi) is 3.78. The molecule has 1 aliphatic carbocycles. The number of phenols is 1. The molecule has 2 atom stereocenters. The normalized spacial score (nSPS) is 35.2. The zero-order valence-electron chi connectivity index (χ0n) is 23.2. The van der Waals surface area contributed by atoms with E-state index in [9.17, 15) is 11.3 Å². The minimum Gasteiger partial charge on any atom is -0.508 e. The lowest BCUT2D eigenvalue weighted by Gasteiger charge is -2.47. The standard InChI is InChI=1S/C24H36O3/c1-6-7-8-9-12-23(2,3)16-13-20(26)22-18-15-17(25)10-11-19(18)24(4,5)27-21(22)14-16/h13-14,18-19,26H,6-12,15H2,1-5H3/t18-,19-/m1/s1/i6D2,11D2,18D,19D. The predicted molar refractivity (Wildman–Crippen MR) is 110 cm³/mol. The summed E-state index contributed by atoms with van der Waals surface area (Å²) in [5.41, 5.74) is -1.01. The smallest absolute Gasteiger partial charge is 0.133 e. The number of benzene rings is 1. The van der Waals surface area contributed by atoms with E-state index in [0.29, 0.717) is 6.42 Å². The van der Waals surface area contributed by atoms with Crippen LogP contribution >= 0.6 is 0 Å². The van der Waals surface area contributed by atoms with E-state index in [2.05, 4.69) is 0 Å². The number of phenolic OH excluding ortho intramolecular Hbond substituents is 1. The topological polar surface area (TPSA) is 46.5 Å². The molecule has 1 heterocycles. The van der Waals surface area contributed by atoms with E-state index in [0.717, 1.165) is 24.8 Å². The van der Waals surface area contributed by atoms with Crippen molar-refractivity contribution in [2.45, 2.75) is 103 Å². The van der Waals surface area contributed by atoms with Crippen molar-refractivity contribution in [2.24, 2.45) is 5.89 Å². The Morgan fingerprint density at radius 1 is 1.37 bits per heavy atom. The number of Topliss-reactive ketones (excluding diaryl/α,β-unsaturated/α-hetero) is 1. The third kappa shape index (κ3) is 4.02. The maximum Gasteiger partial charge on any atom is 0.133 e. The molecule has 0 unspecified atom stereocenters. The van der Waals surface area contributed by atoms with Crippen LogP contribution < -0.4 is 4.74 Å². The zero-order valence-corrected chi connectivity index (χ0v) is 17.2. The quantitative estimate of drug-likeness (QED) is 0.594. The van der Waals surface area contributed by atoms with Crippen LogP contribution in [-0.4, -0.2) is 16.5 Å². The summed E-state index contributed by atoms with van der Waals surface area (Å²) in [5.74, 6) is -4.59. The molecule has 150 valence electrons. The van der Waals surface area contributed by atoms with Crippen molar-refractivity contribution in [3.05, 3.63) is 23.3 Å². The van der Waals surface area contributed by atoms with Crippen LogP contribution in [0.15, 0.2) is 12.1 Å². The molecule has 1 aromatic carbocycles. The van der Waals surface area contributed by atoms with Crippen molar-refractivity contribution in [2.75, 3.05) is 0 Å². The summed E-state index contributed by atoms with van der Waals surface area (Å²) in [6.07, 6.45) is -1.56. The van der Waals surface area contributed by atoms with Crippen molar-refractivity contribution >= 4 is 5.78 Å². The van der Waals surface area contributed by atoms with Crippen LogP contribution in [0.3, 0.4) is 0 Å². The average molecular weight is 379 g/mol. The molecule has 1 aliphatic heterocycles. The molecule has 0 aromatic heterocycles. The van der Waals surface area contributed by atoms with Gasteiger partial charge in [0, 0.05) is 38.4 Å². The number of carbonyl (C=O) groups excluding carboxylic acids is 1. The van der Waals surface area contributed by atoms with Gasteiger partial charge in [0.25, 0.3) is 0 Å². The van der Waals surface area contributed by atoms with Gasteiger partial charge in [-0.05, 0) is 49.8 Å². The molecular formula is C24H36O3. The average Bonchev–Trinajstić information content (AvgIpc) is 2.60. The third-order valence-corrected chi connectivity index (χ3v) is 5.75. The molecule has 0 spiro atoms. The van der Waals surface area contributed by atoms with Gasteiger partial charge in [0.1, 0.15) is 22.9 Å². The van der Waals surface area contributed by atoms with Gasteiger partial charge in [-0.25, -0.2) is 0 Å². The number of ketones is 1. The maximum atomic E-state index is 12.5. The Bertz CT molecular complexity index is 952. The Morgan fingerprint density at radius 3 is 2.81 bits per heavy atom. The van der Waals surface area contributed by atoms with E-state index in [1.165, 1.54) is 0 Å². The van der Waals surface area contributed by atoms with Gasteiger partial charge in [-0.15, -0.1) is 0 Å². The number of carbonyl (C=O) groups is 1. The SMILES string of the molecule is [2H]C([2H])(C)CCCCC(C)(C)c1cc(O)c2c(c1)OC(C)(C)[C@]1([2H])C([2H])([2H])CC(=O)C[C@@]21[2H]. The monoisotopic (exact) mass is 378 g/mol. The molecule has 0 amide bonds. The molecule has 1 N–H and O–H groups in total. The number of fused-ring (bicyclic) bond motifs is 3. The van der Waals surface area contributed by atoms with E-state index in [1.807, 2.05) is 13.8 Å². The molecule has 0 saturated heterocycles. The first kappa shape index (κ1) is 13.6. The lowest BCUT2D eigenvalue weighted by atomic mass is 9.66. The Balaban J connectivity index is 2.04. The summed E-state index contributed by atoms with van der Waals surface area (Å²) in [6.45, 7) is 8.77. The largest absolute Gasteiger partial charge is 0.508 e. The summed E-state index contributed by atoms with van der Waals surface area (Å²) in [6, 6.07) is 3.30. The summed E-state index contributed by atoms with van der Waals surface area (Å²) in [7, 11) is 0. The van der Waals surface area contributed by atoms with Gasteiger partial charge in [-0.1, -0.05) is 46.4 Å². The van der Waals surface area contributed by atoms with Crippen LogP contribution in [0.5, 0.6) is 11.5 Å². The fourth-order valence-electron chi connectivity index (χ4n) is 4.15. The molecular weight excluding hydrogens is 336 g/mol. The minimum atomic E-state index is -2.31. The lowest BCUT2D eigenvalue weighted by molar-refractivity contribution is -0.124. The first-order chi connectivity index (χ1) is 14.8. The van der Waals surface area contributed by atoms with Crippen LogP contribution in [0.2, 0.25) is 0 Å². The number of unbranched alkanes of at least 4 members (excludes halogenated alkanes) is 1. The second kappa shape index (κ2) is 7.48. The van der Waals surface area contributed by atoms with Crippen LogP contribution in [0.25, 0.3) is 0 Å². The van der Waals surface area contributed by atoms with Gasteiger partial charge in [-0.2, -0.15) is 0 Å².